The van der Waals surface area contributed by atoms with Crippen molar-refractivity contribution in [1.82, 2.24) is 9.97 Å². The third-order valence-corrected chi connectivity index (χ3v) is 2.77. The van der Waals surface area contributed by atoms with E-state index in [4.69, 9.17) is 5.73 Å². The molecule has 0 aliphatic carbocycles. The van der Waals surface area contributed by atoms with Crippen molar-refractivity contribution in [2.24, 2.45) is 5.73 Å². The van der Waals surface area contributed by atoms with Crippen LogP contribution in [0.4, 0.5) is 10.3 Å². The zero-order chi connectivity index (χ0) is 13.8. The highest BCUT2D eigenvalue weighted by Gasteiger charge is 2.04. The molecule has 3 N–H and O–H groups in total. The molecule has 0 radical (unpaired) electrons. The fraction of sp³-hybridized carbons (Fsp3) is 0.286. The van der Waals surface area contributed by atoms with Crippen LogP contribution in [0.2, 0.25) is 0 Å². The lowest BCUT2D eigenvalue weighted by Gasteiger charge is -2.08. The van der Waals surface area contributed by atoms with Gasteiger partial charge in [-0.3, -0.25) is 0 Å². The predicted molar refractivity (Wildman–Crippen MR) is 73.1 cm³/mol. The van der Waals surface area contributed by atoms with Crippen molar-refractivity contribution in [2.45, 2.75) is 26.9 Å². The summed E-state index contributed by atoms with van der Waals surface area (Å²) in [6.07, 6.45) is 0. The van der Waals surface area contributed by atoms with Crippen molar-refractivity contribution >= 4 is 5.95 Å². The maximum Gasteiger partial charge on any atom is 0.223 e. The molecule has 0 aliphatic heterocycles. The van der Waals surface area contributed by atoms with E-state index in [1.54, 1.807) is 6.07 Å². The van der Waals surface area contributed by atoms with Gasteiger partial charge in [0.15, 0.2) is 0 Å². The second-order valence-electron chi connectivity index (χ2n) is 4.46. The van der Waals surface area contributed by atoms with Gasteiger partial charge in [0, 0.05) is 30.0 Å². The van der Waals surface area contributed by atoms with Gasteiger partial charge in [-0.1, -0.05) is 12.1 Å². The first kappa shape index (κ1) is 13.4. The minimum Gasteiger partial charge on any atom is -0.350 e. The Morgan fingerprint density at radius 1 is 1.16 bits per heavy atom. The number of benzene rings is 1. The van der Waals surface area contributed by atoms with Crippen LogP contribution < -0.4 is 11.1 Å². The quantitative estimate of drug-likeness (QED) is 0.885. The van der Waals surface area contributed by atoms with Crippen LogP contribution in [0.15, 0.2) is 24.3 Å². The van der Waals surface area contributed by atoms with E-state index < -0.39 is 0 Å². The monoisotopic (exact) mass is 260 g/mol. The molecule has 5 heteroatoms. The Labute approximate surface area is 111 Å². The summed E-state index contributed by atoms with van der Waals surface area (Å²) in [5.74, 6) is 0.250. The Hall–Kier alpha value is -2.01. The number of nitrogens with two attached hydrogens (primary N) is 1. The molecular weight excluding hydrogens is 243 g/mol. The Balaban J connectivity index is 2.10. The lowest BCUT2D eigenvalue weighted by molar-refractivity contribution is 0.610. The van der Waals surface area contributed by atoms with Gasteiger partial charge in [-0.2, -0.15) is 0 Å². The summed E-state index contributed by atoms with van der Waals surface area (Å²) < 4.78 is 13.8. The lowest BCUT2D eigenvalue weighted by atomic mass is 10.1. The number of anilines is 1. The fourth-order valence-electron chi connectivity index (χ4n) is 1.84. The number of nitrogens with one attached hydrogen (secondary N) is 1. The summed E-state index contributed by atoms with van der Waals surface area (Å²) >= 11 is 0. The molecule has 2 aromatic rings. The van der Waals surface area contributed by atoms with Crippen LogP contribution in [0.1, 0.15) is 22.5 Å². The average molecular weight is 260 g/mol. The van der Waals surface area contributed by atoms with Crippen LogP contribution in [-0.2, 0) is 13.1 Å². The lowest BCUT2D eigenvalue weighted by Crippen LogP contribution is -2.07. The second-order valence-corrected chi connectivity index (χ2v) is 4.46. The molecule has 1 aromatic heterocycles. The molecular formula is C14H17FN4. The first-order valence-electron chi connectivity index (χ1n) is 6.12. The van der Waals surface area contributed by atoms with Crippen LogP contribution in [0, 0.1) is 19.7 Å². The van der Waals surface area contributed by atoms with Crippen LogP contribution >= 0.6 is 0 Å². The van der Waals surface area contributed by atoms with Gasteiger partial charge in [-0.25, -0.2) is 14.4 Å². The van der Waals surface area contributed by atoms with E-state index in [9.17, 15) is 4.39 Å². The highest BCUT2D eigenvalue weighted by molar-refractivity contribution is 5.31. The molecule has 0 aliphatic rings. The molecule has 2 rings (SSSR count). The molecule has 0 saturated heterocycles. The summed E-state index contributed by atoms with van der Waals surface area (Å²) in [5, 5.41) is 3.03. The molecule has 0 unspecified atom stereocenters. The van der Waals surface area contributed by atoms with Gasteiger partial charge in [0.2, 0.25) is 5.95 Å². The molecule has 100 valence electrons. The highest BCUT2D eigenvalue weighted by atomic mass is 19.1. The number of rotatable bonds is 4. The van der Waals surface area contributed by atoms with E-state index in [2.05, 4.69) is 15.3 Å². The minimum absolute atomic E-state index is 0.264. The van der Waals surface area contributed by atoms with Crippen molar-refractivity contribution in [2.75, 3.05) is 5.32 Å². The zero-order valence-electron chi connectivity index (χ0n) is 11.1. The van der Waals surface area contributed by atoms with Crippen molar-refractivity contribution in [3.05, 3.63) is 52.6 Å². The van der Waals surface area contributed by atoms with Gasteiger partial charge in [0.1, 0.15) is 5.82 Å². The molecule has 0 saturated carbocycles. The summed E-state index contributed by atoms with van der Waals surface area (Å²) in [4.78, 5) is 8.50. The number of aromatic nitrogens is 2. The molecule has 1 heterocycles. The Morgan fingerprint density at radius 2 is 1.84 bits per heavy atom. The number of hydrogen-bond donors (Lipinski definition) is 2. The third-order valence-electron chi connectivity index (χ3n) is 2.77. The molecule has 1 aromatic carbocycles. The molecule has 0 fully saturated rings. The van der Waals surface area contributed by atoms with E-state index in [0.717, 1.165) is 17.0 Å². The zero-order valence-corrected chi connectivity index (χ0v) is 11.1. The van der Waals surface area contributed by atoms with Gasteiger partial charge < -0.3 is 11.1 Å². The molecule has 0 spiro atoms. The normalized spacial score (nSPS) is 10.5. The van der Waals surface area contributed by atoms with Crippen LogP contribution in [0.3, 0.4) is 0 Å². The first-order valence-corrected chi connectivity index (χ1v) is 6.12. The Bertz CT molecular complexity index is 563. The van der Waals surface area contributed by atoms with E-state index in [1.165, 1.54) is 6.07 Å². The van der Waals surface area contributed by atoms with Crippen molar-refractivity contribution in [3.8, 4) is 0 Å². The number of hydrogen-bond acceptors (Lipinski definition) is 4. The first-order chi connectivity index (χ1) is 9.08. The molecule has 19 heavy (non-hydrogen) atoms. The van der Waals surface area contributed by atoms with Gasteiger partial charge >= 0.3 is 0 Å². The highest BCUT2D eigenvalue weighted by Crippen LogP contribution is 2.12. The van der Waals surface area contributed by atoms with E-state index in [-0.39, 0.29) is 5.82 Å². The standard InChI is InChI=1S/C14H17FN4/c1-9-5-10(2)19-14(18-9)17-8-12-4-3-11(7-16)6-13(12)15/h3-6H,7-8,16H2,1-2H3,(H,17,18,19). The fourth-order valence-corrected chi connectivity index (χ4v) is 1.84. The number of halogens is 1. The van der Waals surface area contributed by atoms with Crippen molar-refractivity contribution in [3.63, 3.8) is 0 Å². The Morgan fingerprint density at radius 3 is 2.42 bits per heavy atom. The van der Waals surface area contributed by atoms with E-state index in [1.807, 2.05) is 26.0 Å². The van der Waals surface area contributed by atoms with Crippen molar-refractivity contribution < 1.29 is 4.39 Å². The molecule has 4 nitrogen and oxygen atoms in total. The van der Waals surface area contributed by atoms with E-state index >= 15 is 0 Å². The summed E-state index contributed by atoms with van der Waals surface area (Å²) in [7, 11) is 0. The molecule has 0 amide bonds. The van der Waals surface area contributed by atoms with Gasteiger partial charge in [0.05, 0.1) is 0 Å². The topological polar surface area (TPSA) is 63.8 Å². The largest absolute Gasteiger partial charge is 0.350 e. The van der Waals surface area contributed by atoms with Crippen LogP contribution in [0.25, 0.3) is 0 Å². The van der Waals surface area contributed by atoms with Crippen LogP contribution in [-0.4, -0.2) is 9.97 Å². The van der Waals surface area contributed by atoms with Gasteiger partial charge in [-0.15, -0.1) is 0 Å². The maximum atomic E-state index is 13.8. The summed E-state index contributed by atoms with van der Waals surface area (Å²) in [6.45, 7) is 4.48. The second kappa shape index (κ2) is 5.75. The Kier molecular flexibility index (Phi) is 4.06. The summed E-state index contributed by atoms with van der Waals surface area (Å²) in [6, 6.07) is 6.90. The molecule has 0 atom stereocenters. The number of aryl methyl sites for hydroxylation is 2. The smallest absolute Gasteiger partial charge is 0.223 e. The SMILES string of the molecule is Cc1cc(C)nc(NCc2ccc(CN)cc2F)n1. The maximum absolute atomic E-state index is 13.8. The average Bonchev–Trinajstić information content (AvgIpc) is 2.36. The molecule has 0 bridgehead atoms. The van der Waals surface area contributed by atoms with E-state index in [0.29, 0.717) is 24.6 Å². The van der Waals surface area contributed by atoms with Gasteiger partial charge in [-0.05, 0) is 31.5 Å². The van der Waals surface area contributed by atoms with Crippen LogP contribution in [0.5, 0.6) is 0 Å². The number of nitrogens with zero attached hydrogens (tertiary/aromatic N) is 2. The minimum atomic E-state index is -0.264. The third kappa shape index (κ3) is 3.48. The van der Waals surface area contributed by atoms with Crippen molar-refractivity contribution in [1.29, 1.82) is 0 Å². The van der Waals surface area contributed by atoms with Gasteiger partial charge in [0.25, 0.3) is 0 Å². The predicted octanol–water partition coefficient (Wildman–Crippen LogP) is 2.30. The summed E-state index contributed by atoms with van der Waals surface area (Å²) in [5.41, 5.74) is 8.58.